The zero-order valence-corrected chi connectivity index (χ0v) is 14.1. The van der Waals surface area contributed by atoms with E-state index in [1.54, 1.807) is 10.8 Å². The van der Waals surface area contributed by atoms with Crippen LogP contribution in [0.2, 0.25) is 0 Å². The van der Waals surface area contributed by atoms with E-state index in [0.717, 1.165) is 42.8 Å². The highest BCUT2D eigenvalue weighted by molar-refractivity contribution is 7.51. The normalized spacial score (nSPS) is 25.4. The second-order valence-corrected chi connectivity index (χ2v) is 7.36. The van der Waals surface area contributed by atoms with Crippen molar-refractivity contribution in [1.82, 2.24) is 24.9 Å². The summed E-state index contributed by atoms with van der Waals surface area (Å²) in [4.78, 5) is 16.8. The lowest BCUT2D eigenvalue weighted by Crippen LogP contribution is -2.44. The molecule has 120 valence electrons. The van der Waals surface area contributed by atoms with Crippen LogP contribution in [0.5, 0.6) is 0 Å². The fourth-order valence-electron chi connectivity index (χ4n) is 3.10. The van der Waals surface area contributed by atoms with Crippen LogP contribution in [0.1, 0.15) is 5.56 Å². The summed E-state index contributed by atoms with van der Waals surface area (Å²) in [6.07, 6.45) is 11.9. The Balaban J connectivity index is 1.57. The molecular weight excluding hydrogens is 309 g/mol. The van der Waals surface area contributed by atoms with Gasteiger partial charge in [0, 0.05) is 57.3 Å². The topological polar surface area (TPSA) is 53.4 Å². The molecule has 0 radical (unpaired) electrons. The van der Waals surface area contributed by atoms with Gasteiger partial charge in [-0.05, 0) is 11.4 Å². The van der Waals surface area contributed by atoms with Crippen molar-refractivity contribution in [3.63, 3.8) is 0 Å². The van der Waals surface area contributed by atoms with Gasteiger partial charge in [0.05, 0.1) is 17.7 Å². The number of fused-ring (bicyclic) bond motifs is 1. The summed E-state index contributed by atoms with van der Waals surface area (Å²) < 4.78 is 1.77. The maximum absolute atomic E-state index is 12.6. The van der Waals surface area contributed by atoms with E-state index in [1.165, 1.54) is 0 Å². The number of hydrogen-bond acceptors (Lipinski definition) is 4. The Hall–Kier alpha value is -1.91. The fourth-order valence-corrected chi connectivity index (χ4v) is 4.46. The van der Waals surface area contributed by atoms with Crippen LogP contribution in [-0.4, -0.2) is 57.4 Å². The smallest absolute Gasteiger partial charge is 0.252 e. The van der Waals surface area contributed by atoms with Gasteiger partial charge in [-0.2, -0.15) is 5.10 Å². The van der Waals surface area contributed by atoms with Crippen molar-refractivity contribution in [1.29, 1.82) is 0 Å². The second kappa shape index (κ2) is 5.95. The van der Waals surface area contributed by atoms with E-state index in [0.29, 0.717) is 8.58 Å². The molecule has 4 rings (SSSR count). The standard InChI is InChI=1S/C16H20N5OP/c1-19-10-12(9-18-19)14-8-15(22)21-11-13(2-3-16(21)23-14)20-6-4-17-5-7-20/h2-3,8-11,16-17,23H,4-7H2,1H3. The lowest BCUT2D eigenvalue weighted by molar-refractivity contribution is -0.123. The SMILES string of the molecule is Cn1cc(C2=CC(=O)N3C=C(N4CCNCC4)C=CC3P2)cn1. The van der Waals surface area contributed by atoms with Gasteiger partial charge >= 0.3 is 0 Å². The fraction of sp³-hybridized carbons (Fsp3) is 0.375. The number of carbonyl (C=O) groups is 1. The van der Waals surface area contributed by atoms with Gasteiger partial charge in [0.2, 0.25) is 0 Å². The third-order valence-corrected chi connectivity index (χ3v) is 5.85. The summed E-state index contributed by atoms with van der Waals surface area (Å²) in [6.45, 7) is 3.97. The molecule has 23 heavy (non-hydrogen) atoms. The van der Waals surface area contributed by atoms with Crippen LogP contribution >= 0.6 is 8.58 Å². The molecule has 1 amide bonds. The molecule has 2 atom stereocenters. The summed E-state index contributed by atoms with van der Waals surface area (Å²) >= 11 is 0. The summed E-state index contributed by atoms with van der Waals surface area (Å²) in [7, 11) is 2.44. The molecule has 1 saturated heterocycles. The average Bonchev–Trinajstić information content (AvgIpc) is 3.02. The molecule has 0 bridgehead atoms. The van der Waals surface area contributed by atoms with E-state index in [9.17, 15) is 4.79 Å². The van der Waals surface area contributed by atoms with E-state index in [2.05, 4.69) is 27.5 Å². The quantitative estimate of drug-likeness (QED) is 0.820. The number of nitrogens with zero attached hydrogens (tertiary/aromatic N) is 4. The molecule has 4 heterocycles. The van der Waals surface area contributed by atoms with Crippen molar-refractivity contribution in [2.45, 2.75) is 5.78 Å². The van der Waals surface area contributed by atoms with Gasteiger partial charge in [0.1, 0.15) is 0 Å². The Morgan fingerprint density at radius 3 is 2.91 bits per heavy atom. The van der Waals surface area contributed by atoms with E-state index in [-0.39, 0.29) is 11.7 Å². The van der Waals surface area contributed by atoms with Crippen LogP contribution in [0.3, 0.4) is 0 Å². The first-order valence-corrected chi connectivity index (χ1v) is 8.94. The molecule has 1 aromatic rings. The van der Waals surface area contributed by atoms with E-state index < -0.39 is 0 Å². The first-order valence-electron chi connectivity index (χ1n) is 7.86. The lowest BCUT2D eigenvalue weighted by atomic mass is 10.2. The number of aromatic nitrogens is 2. The van der Waals surface area contributed by atoms with Crippen LogP contribution in [0.4, 0.5) is 0 Å². The number of allylic oxidation sites excluding steroid dienone is 1. The molecule has 2 unspecified atom stereocenters. The number of amides is 1. The number of rotatable bonds is 2. The zero-order chi connectivity index (χ0) is 15.8. The minimum atomic E-state index is 0.0598. The van der Waals surface area contributed by atoms with Crippen LogP contribution in [-0.2, 0) is 11.8 Å². The molecule has 1 N–H and O–H groups in total. The number of nitrogens with one attached hydrogen (secondary N) is 1. The third-order valence-electron chi connectivity index (χ3n) is 4.34. The highest BCUT2D eigenvalue weighted by Crippen LogP contribution is 2.44. The van der Waals surface area contributed by atoms with Gasteiger partial charge in [-0.15, -0.1) is 0 Å². The zero-order valence-electron chi connectivity index (χ0n) is 13.1. The maximum Gasteiger partial charge on any atom is 0.252 e. The van der Waals surface area contributed by atoms with E-state index in [4.69, 9.17) is 0 Å². The maximum atomic E-state index is 12.6. The van der Waals surface area contributed by atoms with Crippen LogP contribution in [0.15, 0.2) is 42.5 Å². The minimum Gasteiger partial charge on any atom is -0.368 e. The van der Waals surface area contributed by atoms with E-state index in [1.807, 2.05) is 30.5 Å². The van der Waals surface area contributed by atoms with Crippen molar-refractivity contribution >= 4 is 19.8 Å². The summed E-state index contributed by atoms with van der Waals surface area (Å²) in [5.41, 5.74) is 2.18. The Morgan fingerprint density at radius 2 is 2.17 bits per heavy atom. The van der Waals surface area contributed by atoms with Crippen molar-refractivity contribution < 1.29 is 4.79 Å². The Morgan fingerprint density at radius 1 is 1.35 bits per heavy atom. The Kier molecular flexibility index (Phi) is 3.79. The molecule has 0 aliphatic carbocycles. The van der Waals surface area contributed by atoms with Crippen molar-refractivity contribution in [2.75, 3.05) is 26.2 Å². The largest absolute Gasteiger partial charge is 0.368 e. The van der Waals surface area contributed by atoms with Gasteiger partial charge in [0.15, 0.2) is 0 Å². The second-order valence-electron chi connectivity index (χ2n) is 5.95. The van der Waals surface area contributed by atoms with Crippen LogP contribution in [0.25, 0.3) is 5.31 Å². The molecule has 3 aliphatic heterocycles. The first kappa shape index (κ1) is 14.7. The van der Waals surface area contributed by atoms with Crippen molar-refractivity contribution in [2.24, 2.45) is 7.05 Å². The van der Waals surface area contributed by atoms with Gasteiger partial charge in [0.25, 0.3) is 5.91 Å². The van der Waals surface area contributed by atoms with Crippen LogP contribution < -0.4 is 5.32 Å². The highest BCUT2D eigenvalue weighted by Gasteiger charge is 2.29. The summed E-state index contributed by atoms with van der Waals surface area (Å²) in [5.74, 6) is 0.193. The predicted molar refractivity (Wildman–Crippen MR) is 91.8 cm³/mol. The summed E-state index contributed by atoms with van der Waals surface area (Å²) in [6, 6.07) is 0. The first-order chi connectivity index (χ1) is 11.2. The molecule has 1 fully saturated rings. The number of piperazine rings is 1. The molecule has 7 heteroatoms. The van der Waals surface area contributed by atoms with Crippen LogP contribution in [0, 0.1) is 0 Å². The number of carbonyl (C=O) groups excluding carboxylic acids is 1. The van der Waals surface area contributed by atoms with Gasteiger partial charge in [-0.1, -0.05) is 14.7 Å². The molecule has 0 spiro atoms. The summed E-state index contributed by atoms with van der Waals surface area (Å²) in [5, 5.41) is 8.65. The minimum absolute atomic E-state index is 0.0598. The molecule has 3 aliphatic rings. The number of aryl methyl sites for hydroxylation is 1. The number of hydrogen-bond donors (Lipinski definition) is 1. The van der Waals surface area contributed by atoms with Gasteiger partial charge in [-0.25, -0.2) is 0 Å². The molecule has 6 nitrogen and oxygen atoms in total. The molecular formula is C16H20N5OP. The van der Waals surface area contributed by atoms with Crippen molar-refractivity contribution in [3.05, 3.63) is 48.1 Å². The predicted octanol–water partition coefficient (Wildman–Crippen LogP) is 0.924. The average molecular weight is 329 g/mol. The Labute approximate surface area is 137 Å². The molecule has 1 aromatic heterocycles. The highest BCUT2D eigenvalue weighted by atomic mass is 31.1. The monoisotopic (exact) mass is 329 g/mol. The third kappa shape index (κ3) is 2.84. The molecule has 0 saturated carbocycles. The Bertz CT molecular complexity index is 714. The lowest BCUT2D eigenvalue weighted by Gasteiger charge is -2.37. The molecule has 0 aromatic carbocycles. The van der Waals surface area contributed by atoms with E-state index >= 15 is 0 Å². The van der Waals surface area contributed by atoms with Crippen molar-refractivity contribution in [3.8, 4) is 0 Å². The van der Waals surface area contributed by atoms with Gasteiger partial charge in [-0.3, -0.25) is 9.48 Å². The van der Waals surface area contributed by atoms with Gasteiger partial charge < -0.3 is 15.1 Å².